The van der Waals surface area contributed by atoms with E-state index < -0.39 is 11.0 Å². The van der Waals surface area contributed by atoms with E-state index in [0.29, 0.717) is 5.69 Å². The predicted molar refractivity (Wildman–Crippen MR) is 117 cm³/mol. The SMILES string of the molecule is Cc1ccc(-c2ccc(C3(C(=O)Nc4ccc(F)cc4)COC3)cn2)c(C(C)(C)O)c1. The Morgan fingerprint density at radius 1 is 1.13 bits per heavy atom. The number of hydrogen-bond donors (Lipinski definition) is 2. The molecule has 1 aliphatic rings. The molecule has 2 aromatic carbocycles. The molecule has 1 aliphatic heterocycles. The Labute approximate surface area is 180 Å². The highest BCUT2D eigenvalue weighted by Crippen LogP contribution is 2.36. The molecule has 0 aliphatic carbocycles. The van der Waals surface area contributed by atoms with Crippen LogP contribution in [0.15, 0.2) is 60.8 Å². The number of anilines is 1. The molecule has 160 valence electrons. The molecule has 1 saturated heterocycles. The van der Waals surface area contributed by atoms with E-state index in [9.17, 15) is 14.3 Å². The van der Waals surface area contributed by atoms with Gasteiger partial charge in [0.15, 0.2) is 0 Å². The number of aromatic nitrogens is 1. The summed E-state index contributed by atoms with van der Waals surface area (Å²) in [5, 5.41) is 13.4. The van der Waals surface area contributed by atoms with Gasteiger partial charge in [-0.05, 0) is 62.2 Å². The van der Waals surface area contributed by atoms with Gasteiger partial charge < -0.3 is 15.2 Å². The van der Waals surface area contributed by atoms with Crippen LogP contribution in [-0.2, 0) is 20.5 Å². The van der Waals surface area contributed by atoms with E-state index in [1.165, 1.54) is 24.3 Å². The fraction of sp³-hybridized carbons (Fsp3) is 0.280. The Morgan fingerprint density at radius 3 is 2.39 bits per heavy atom. The highest BCUT2D eigenvalue weighted by Gasteiger charge is 2.47. The van der Waals surface area contributed by atoms with E-state index in [1.54, 1.807) is 20.0 Å². The third-order valence-electron chi connectivity index (χ3n) is 5.66. The van der Waals surface area contributed by atoms with E-state index in [1.807, 2.05) is 37.3 Å². The lowest BCUT2D eigenvalue weighted by Gasteiger charge is -2.40. The summed E-state index contributed by atoms with van der Waals surface area (Å²) in [7, 11) is 0. The van der Waals surface area contributed by atoms with Crippen LogP contribution in [0.5, 0.6) is 0 Å². The summed E-state index contributed by atoms with van der Waals surface area (Å²) in [6.45, 7) is 5.98. The van der Waals surface area contributed by atoms with Crippen LogP contribution in [0.1, 0.15) is 30.5 Å². The Balaban J connectivity index is 1.63. The molecule has 3 aromatic rings. The van der Waals surface area contributed by atoms with E-state index in [0.717, 1.165) is 27.9 Å². The minimum atomic E-state index is -1.01. The molecule has 1 aromatic heterocycles. The van der Waals surface area contributed by atoms with Gasteiger partial charge in [0.25, 0.3) is 0 Å². The van der Waals surface area contributed by atoms with Crippen molar-refractivity contribution in [3.8, 4) is 11.3 Å². The van der Waals surface area contributed by atoms with Crippen LogP contribution in [-0.4, -0.2) is 29.2 Å². The number of halogens is 1. The van der Waals surface area contributed by atoms with Crippen molar-refractivity contribution in [3.05, 3.63) is 83.3 Å². The summed E-state index contributed by atoms with van der Waals surface area (Å²) >= 11 is 0. The fourth-order valence-electron chi connectivity index (χ4n) is 3.74. The van der Waals surface area contributed by atoms with Gasteiger partial charge in [0, 0.05) is 17.4 Å². The van der Waals surface area contributed by atoms with Crippen LogP contribution in [0, 0.1) is 12.7 Å². The maximum atomic E-state index is 13.1. The topological polar surface area (TPSA) is 71.5 Å². The quantitative estimate of drug-likeness (QED) is 0.645. The second-order valence-electron chi connectivity index (χ2n) is 8.58. The molecular weight excluding hydrogens is 395 g/mol. The number of hydrogen-bond acceptors (Lipinski definition) is 4. The predicted octanol–water partition coefficient (Wildman–Crippen LogP) is 4.33. The summed E-state index contributed by atoms with van der Waals surface area (Å²) in [6, 6.07) is 15.3. The van der Waals surface area contributed by atoms with Gasteiger partial charge in [-0.3, -0.25) is 9.78 Å². The molecule has 2 N–H and O–H groups in total. The molecule has 4 rings (SSSR count). The first kappa shape index (κ1) is 21.2. The molecule has 0 atom stereocenters. The Kier molecular flexibility index (Phi) is 5.37. The van der Waals surface area contributed by atoms with Crippen LogP contribution in [0.4, 0.5) is 10.1 Å². The van der Waals surface area contributed by atoms with Crippen molar-refractivity contribution < 1.29 is 19.0 Å². The molecule has 0 unspecified atom stereocenters. The lowest BCUT2D eigenvalue weighted by atomic mass is 9.78. The highest BCUT2D eigenvalue weighted by atomic mass is 19.1. The molecule has 31 heavy (non-hydrogen) atoms. The first-order valence-electron chi connectivity index (χ1n) is 10.1. The minimum Gasteiger partial charge on any atom is -0.386 e. The lowest BCUT2D eigenvalue weighted by Crippen LogP contribution is -2.55. The zero-order valence-corrected chi connectivity index (χ0v) is 17.8. The number of benzene rings is 2. The number of aryl methyl sites for hydroxylation is 1. The zero-order chi connectivity index (χ0) is 22.2. The third kappa shape index (κ3) is 4.09. The number of amides is 1. The van der Waals surface area contributed by atoms with E-state index >= 15 is 0 Å². The second-order valence-corrected chi connectivity index (χ2v) is 8.58. The summed E-state index contributed by atoms with van der Waals surface area (Å²) in [4.78, 5) is 17.6. The van der Waals surface area contributed by atoms with Crippen molar-refractivity contribution in [1.82, 2.24) is 4.98 Å². The van der Waals surface area contributed by atoms with Gasteiger partial charge >= 0.3 is 0 Å². The number of pyridine rings is 1. The largest absolute Gasteiger partial charge is 0.386 e. The highest BCUT2D eigenvalue weighted by molar-refractivity contribution is 6.00. The van der Waals surface area contributed by atoms with Crippen LogP contribution < -0.4 is 5.32 Å². The zero-order valence-electron chi connectivity index (χ0n) is 17.8. The lowest BCUT2D eigenvalue weighted by molar-refractivity contribution is -0.139. The first-order valence-corrected chi connectivity index (χ1v) is 10.1. The van der Waals surface area contributed by atoms with Gasteiger partial charge in [0.1, 0.15) is 11.2 Å². The third-order valence-corrected chi connectivity index (χ3v) is 5.66. The van der Waals surface area contributed by atoms with Gasteiger partial charge in [-0.25, -0.2) is 4.39 Å². The minimum absolute atomic E-state index is 0.215. The molecule has 1 fully saturated rings. The van der Waals surface area contributed by atoms with Crippen LogP contribution in [0.2, 0.25) is 0 Å². The molecule has 0 radical (unpaired) electrons. The normalized spacial score (nSPS) is 15.3. The van der Waals surface area contributed by atoms with E-state index in [4.69, 9.17) is 4.74 Å². The van der Waals surface area contributed by atoms with Crippen molar-refractivity contribution in [2.75, 3.05) is 18.5 Å². The van der Waals surface area contributed by atoms with E-state index in [2.05, 4.69) is 10.3 Å². The molecule has 5 nitrogen and oxygen atoms in total. The molecular formula is C25H25FN2O3. The van der Waals surface area contributed by atoms with Crippen LogP contribution >= 0.6 is 0 Å². The van der Waals surface area contributed by atoms with Crippen molar-refractivity contribution in [3.63, 3.8) is 0 Å². The number of nitrogens with one attached hydrogen (secondary N) is 1. The summed E-state index contributed by atoms with van der Waals surface area (Å²) in [5.41, 5.74) is 2.83. The maximum absolute atomic E-state index is 13.1. The average Bonchev–Trinajstić information content (AvgIpc) is 2.69. The van der Waals surface area contributed by atoms with Crippen molar-refractivity contribution >= 4 is 11.6 Å². The average molecular weight is 420 g/mol. The van der Waals surface area contributed by atoms with E-state index in [-0.39, 0.29) is 24.9 Å². The van der Waals surface area contributed by atoms with Crippen molar-refractivity contribution in [2.24, 2.45) is 0 Å². The number of nitrogens with zero attached hydrogens (tertiary/aromatic N) is 1. The Bertz CT molecular complexity index is 1100. The van der Waals surface area contributed by atoms with Crippen molar-refractivity contribution in [2.45, 2.75) is 31.8 Å². The summed E-state index contributed by atoms with van der Waals surface area (Å²) in [6.07, 6.45) is 1.69. The molecule has 0 spiro atoms. The molecule has 6 heteroatoms. The Hall–Kier alpha value is -3.09. The van der Waals surface area contributed by atoms with Crippen LogP contribution in [0.25, 0.3) is 11.3 Å². The second kappa shape index (κ2) is 7.87. The number of carbonyl (C=O) groups excluding carboxylic acids is 1. The summed E-state index contributed by atoms with van der Waals surface area (Å²) in [5.74, 6) is -0.576. The number of carbonyl (C=O) groups is 1. The van der Waals surface area contributed by atoms with Gasteiger partial charge in [-0.15, -0.1) is 0 Å². The number of aliphatic hydroxyl groups is 1. The van der Waals surface area contributed by atoms with Gasteiger partial charge in [-0.1, -0.05) is 29.8 Å². The van der Waals surface area contributed by atoms with Gasteiger partial charge in [0.05, 0.1) is 24.5 Å². The molecule has 2 heterocycles. The van der Waals surface area contributed by atoms with Gasteiger partial charge in [0.2, 0.25) is 5.91 Å². The molecule has 1 amide bonds. The fourth-order valence-corrected chi connectivity index (χ4v) is 3.74. The molecule has 0 saturated carbocycles. The number of rotatable bonds is 5. The maximum Gasteiger partial charge on any atom is 0.239 e. The smallest absolute Gasteiger partial charge is 0.239 e. The molecule has 0 bridgehead atoms. The standard InChI is InChI=1S/C25H25FN2O3/c1-16-4-10-20(21(12-16)24(2,3)30)22-11-5-17(13-27-22)25(14-31-15-25)23(29)28-19-8-6-18(26)7-9-19/h4-13,30H,14-15H2,1-3H3,(H,28,29). The number of ether oxygens (including phenoxy) is 1. The summed E-state index contributed by atoms with van der Waals surface area (Å²) < 4.78 is 18.5. The Morgan fingerprint density at radius 2 is 1.84 bits per heavy atom. The monoisotopic (exact) mass is 420 g/mol. The van der Waals surface area contributed by atoms with Gasteiger partial charge in [-0.2, -0.15) is 0 Å². The first-order chi connectivity index (χ1) is 14.7. The van der Waals surface area contributed by atoms with Crippen LogP contribution in [0.3, 0.4) is 0 Å². The van der Waals surface area contributed by atoms with Crippen molar-refractivity contribution in [1.29, 1.82) is 0 Å².